The van der Waals surface area contributed by atoms with E-state index >= 15 is 0 Å². The zero-order valence-electron chi connectivity index (χ0n) is 76.6. The Hall–Kier alpha value is -8.92. The molecule has 0 aromatic carbocycles. The maximum atomic E-state index is 14.2. The van der Waals surface area contributed by atoms with E-state index in [4.69, 9.17) is 113 Å². The number of aliphatic carboxylic acids is 1. The van der Waals surface area contributed by atoms with Crippen LogP contribution in [0.2, 0.25) is 0 Å². The van der Waals surface area contributed by atoms with E-state index in [2.05, 4.69) is 85.4 Å². The van der Waals surface area contributed by atoms with Gasteiger partial charge < -0.3 is 114 Å². The van der Waals surface area contributed by atoms with Gasteiger partial charge in [0.05, 0.1) is 83.7 Å². The summed E-state index contributed by atoms with van der Waals surface area (Å²) in [6.07, 6.45) is 0.587. The number of nitrogens with zero attached hydrogens (tertiary/aromatic N) is 20. The number of carbonyl (C=O) groups is 3. The molecule has 15 heterocycles. The van der Waals surface area contributed by atoms with Gasteiger partial charge in [-0.25, -0.2) is 29.7 Å². The molecule has 0 radical (unpaired) electrons. The Balaban J connectivity index is 0.000000230. The average molecular weight is 2340 g/mol. The van der Waals surface area contributed by atoms with Gasteiger partial charge in [0.1, 0.15) is 63.9 Å². The standard InChI is InChI=1S/C20H31FN5O6P.C19H27FN5O6P.C10H10FN5O4.C10H12FN5O3.C9H8FN5O.C5H13O4P.IO4.Na.2O.Pt/c1-7-30-33(28,31-8-2)11-29-17-12(3)9-13(32-17)26-10-22-14-15(23-18(27)20(4,5)6)24-19(21)25-16(14)26;1-6-29-32(27,30-7-2)11-28-13-9-8-12(31-13)25-10-21-14-15(22-17(26)19(3,4)5)23-18(20)24-16(14)25;11-10-14-7(12)5-8(15-10)16(2-13-5)4-1-3(17)6(20-4)9(18)19;11-10-14-8(12)7-9(15-10)16(3-13-7)6-1-4(18)5(2-17)19-6;10-9-13-7(11)6-8(14-9)15(4-12-6)5-2-1-3-16-5;1-3-8-10(7,5-6)9-4-2;2-1(3,4)5;;;;/h10,12-13,17H,7-9,11H2,1-6H3,(H,23,24,25,27);9-10,12H,6-8,11H2,1-5H3,(H,22,23,24,26);2-4,6,17H,1H2,(H,18,19)(H2,12,14,15);3-6,17-18H,1-2H2,(H2,12,14,15);1,3-5H,2H2,(H2,11,13,14);6H,3-5H2,1-2H3;;;;;/q;;;;;;-1;+1;;;/t12-,13+,17-;12-;3-,4+,6-;4-,5+,6+;5-;;;;;;/m01001....../s1. The summed E-state index contributed by atoms with van der Waals surface area (Å²) in [6.45, 7) is 23.7. The van der Waals surface area contributed by atoms with Crippen molar-refractivity contribution in [3.8, 4) is 0 Å². The van der Waals surface area contributed by atoms with Crippen molar-refractivity contribution in [2.24, 2.45) is 16.7 Å². The number of anilines is 5. The first-order chi connectivity index (χ1) is 64.9. The topological polar surface area (TPSA) is 770 Å². The number of hydrogen-bond acceptors (Lipinski definition) is 47. The first-order valence-electron chi connectivity index (χ1n) is 41.1. The zero-order chi connectivity index (χ0) is 102. The molecule has 0 unspecified atom stereocenters. The third-order valence-electron chi connectivity index (χ3n) is 18.8. The number of nitrogens with one attached hydrogen (secondary N) is 2. The molecule has 766 valence electrons. The van der Waals surface area contributed by atoms with Crippen LogP contribution in [0.3, 0.4) is 0 Å². The van der Waals surface area contributed by atoms with E-state index in [9.17, 15) is 60.2 Å². The molecule has 5 aliphatic rings. The summed E-state index contributed by atoms with van der Waals surface area (Å²) in [4.78, 5) is 92.1. The molecule has 0 spiro atoms. The number of aromatic nitrogens is 20. The van der Waals surface area contributed by atoms with Crippen LogP contribution in [-0.2, 0) is 114 Å². The number of rotatable bonds is 28. The molecule has 0 aliphatic carbocycles. The number of imidazole rings is 5. The van der Waals surface area contributed by atoms with Gasteiger partial charge >= 0.3 is 114 Å². The number of aliphatic hydroxyl groups is 4. The zero-order valence-corrected chi connectivity index (χ0v) is 85.7. The minimum atomic E-state index is -5.94. The van der Waals surface area contributed by atoms with E-state index in [-0.39, 0.29) is 205 Å². The van der Waals surface area contributed by atoms with Crippen molar-refractivity contribution in [2.75, 3.05) is 93.1 Å². The molecule has 2 amide bonds. The Labute approximate surface area is 822 Å². The first kappa shape index (κ1) is 117. The second kappa shape index (κ2) is 52.4. The summed E-state index contributed by atoms with van der Waals surface area (Å²) in [5.74, 6) is -2.07. The third-order valence-corrected chi connectivity index (χ3v) is 23.9. The number of ether oxygens (including phenoxy) is 7. The van der Waals surface area contributed by atoms with Crippen LogP contribution in [0.15, 0.2) is 56.0 Å². The van der Waals surface area contributed by atoms with Crippen LogP contribution in [-0.4, -0.2) is 237 Å². The molecule has 5 aliphatic heterocycles. The van der Waals surface area contributed by atoms with Crippen LogP contribution in [0, 0.1) is 47.1 Å². The van der Waals surface area contributed by atoms with Crippen LogP contribution >= 0.6 is 22.8 Å². The van der Waals surface area contributed by atoms with Gasteiger partial charge in [0, 0.05) is 54.9 Å². The summed E-state index contributed by atoms with van der Waals surface area (Å²) < 4.78 is 232. The summed E-state index contributed by atoms with van der Waals surface area (Å²) >= 11 is -7.86. The average Bonchev–Trinajstić information content (AvgIpc) is 1.64. The molecule has 0 saturated carbocycles. The monoisotopic (exact) mass is 2340 g/mol. The first-order valence-corrected chi connectivity index (χ1v) is 51.7. The molecule has 10 aromatic rings. The fourth-order valence-corrected chi connectivity index (χ4v) is 16.3. The van der Waals surface area contributed by atoms with Crippen molar-refractivity contribution in [2.45, 2.75) is 184 Å². The van der Waals surface area contributed by atoms with Crippen molar-refractivity contribution in [3.63, 3.8) is 0 Å². The summed E-state index contributed by atoms with van der Waals surface area (Å²) in [5.41, 5.74) is 17.5. The number of carboxylic acids is 1. The molecule has 0 bridgehead atoms. The van der Waals surface area contributed by atoms with Gasteiger partial charge in [0.25, 0.3) is 5.95 Å². The summed E-state index contributed by atoms with van der Waals surface area (Å²) in [5, 5.41) is 51.0. The van der Waals surface area contributed by atoms with E-state index in [0.29, 0.717) is 30.4 Å². The van der Waals surface area contributed by atoms with Crippen LogP contribution < -0.4 is 91.2 Å². The van der Waals surface area contributed by atoms with Gasteiger partial charge in [-0.1, -0.05) is 48.5 Å². The van der Waals surface area contributed by atoms with Crippen LogP contribution in [0.5, 0.6) is 0 Å². The predicted molar refractivity (Wildman–Crippen MR) is 447 cm³/mol. The minimum absolute atomic E-state index is 0. The van der Waals surface area contributed by atoms with Crippen molar-refractivity contribution in [1.82, 2.24) is 97.6 Å². The van der Waals surface area contributed by atoms with Crippen molar-refractivity contribution < 1.29 is 225 Å². The molecule has 3 fully saturated rings. The number of carbonyl (C=O) groups excluding carboxylic acids is 2. The van der Waals surface area contributed by atoms with Gasteiger partial charge in [-0.15, -0.1) is 0 Å². The van der Waals surface area contributed by atoms with Gasteiger partial charge in [0.15, 0.2) is 122 Å². The van der Waals surface area contributed by atoms with E-state index in [1.165, 1.54) is 45.3 Å². The van der Waals surface area contributed by atoms with Crippen LogP contribution in [0.4, 0.5) is 51.0 Å². The van der Waals surface area contributed by atoms with E-state index in [1.54, 1.807) is 105 Å². The molecule has 66 heteroatoms. The second-order valence-corrected chi connectivity index (χ2v) is 39.3. The van der Waals surface area contributed by atoms with E-state index in [0.717, 1.165) is 0 Å². The van der Waals surface area contributed by atoms with Crippen LogP contribution in [0.25, 0.3) is 55.8 Å². The number of hydrogen-bond donors (Lipinski definition) is 10. The molecule has 3 saturated heterocycles. The maximum absolute atomic E-state index is 14.2. The number of nitrogens with two attached hydrogens (primary N) is 3. The number of halogens is 6. The van der Waals surface area contributed by atoms with E-state index < -0.39 is 171 Å². The molecule has 55 nitrogen and oxygen atoms in total. The molecular formula is C73H101F5IN25NaO30P3Pt. The van der Waals surface area contributed by atoms with Gasteiger partial charge in [0.2, 0.25) is 11.8 Å². The quantitative estimate of drug-likeness (QED) is 0.00809. The predicted octanol–water partition coefficient (Wildman–Crippen LogP) is -2.31. The van der Waals surface area contributed by atoms with Gasteiger partial charge in [-0.2, -0.15) is 71.8 Å². The van der Waals surface area contributed by atoms with Crippen molar-refractivity contribution >= 4 is 125 Å². The Kier molecular flexibility index (Phi) is 44.1. The Morgan fingerprint density at radius 2 is 0.863 bits per heavy atom. The summed E-state index contributed by atoms with van der Waals surface area (Å²) in [6, 6.07) is 0. The molecular weight excluding hydrogens is 2240 g/mol. The number of nitrogen functional groups attached to an aromatic ring is 3. The number of carboxylic acid groups (broad SMARTS) is 1. The number of amides is 2. The molecule has 139 heavy (non-hydrogen) atoms. The molecule has 10 aromatic heterocycles. The number of fused-ring (bicyclic) bond motifs is 5. The van der Waals surface area contributed by atoms with Gasteiger partial charge in [-0.05, 0) is 47.6 Å². The Bertz CT molecular complexity index is 6040. The van der Waals surface area contributed by atoms with E-state index in [1.807, 2.05) is 13.0 Å². The Morgan fingerprint density at radius 3 is 1.22 bits per heavy atom. The normalized spacial score (nSPS) is 20.1. The second-order valence-electron chi connectivity index (χ2n) is 30.8. The third kappa shape index (κ3) is 32.5. The fraction of sp³-hybridized carbons (Fsp3) is 0.562. The fourth-order valence-electron chi connectivity index (χ4n) is 12.7. The molecule has 13 N–H and O–H groups in total. The van der Waals surface area contributed by atoms with Crippen LogP contribution in [0.1, 0.15) is 153 Å². The SMILES string of the molecule is CCOP(=O)(CO)OCC.CCOP(=O)(COC1=CC[C@H](n2cnc3c(NC(=O)C(C)(C)C)nc(F)nc32)O1)OCC.CCOP(=O)(CO[C@H]1O[C@@H](n2cnc3c(NC(=O)C(C)(C)C)nc(F)nc32)C[C@@H]1C)OCC.Nc1nc(F)nc2c1ncn2[C@H]1CC=CO1.Nc1nc(F)nc2c1ncn2[C@H]1C[C@H](O)[C@@H](C(=O)O)O1.Nc1nc(F)nc2c1ncn2[C@H]1C[C@H](O)[C@@H](CO)O1.[Na+].[O-][I+3]([O-])([O-])[O-].[O]=[Pt]=[O]. The summed E-state index contributed by atoms with van der Waals surface area (Å²) in [7, 11) is -9.94. The number of aliphatic hydroxyl groups excluding tert-OH is 4. The molecule has 11 atom stereocenters. The van der Waals surface area contributed by atoms with Crippen molar-refractivity contribution in [3.05, 3.63) is 86.4 Å². The van der Waals surface area contributed by atoms with Gasteiger partial charge in [-0.3, -0.25) is 59.9 Å². The Morgan fingerprint density at radius 1 is 0.518 bits per heavy atom. The van der Waals surface area contributed by atoms with Crippen molar-refractivity contribution in [1.29, 1.82) is 0 Å². The molecule has 15 rings (SSSR count).